The van der Waals surface area contributed by atoms with Crippen molar-refractivity contribution in [3.8, 4) is 5.75 Å². The smallest absolute Gasteiger partial charge is 0.125 e. The zero-order chi connectivity index (χ0) is 12.3. The van der Waals surface area contributed by atoms with E-state index in [0.717, 1.165) is 11.1 Å². The van der Waals surface area contributed by atoms with Crippen LogP contribution in [0.5, 0.6) is 5.75 Å². The average Bonchev–Trinajstić information content (AvgIpc) is 2.27. The Bertz CT molecular complexity index is 505. The molecule has 2 N–H and O–H groups in total. The number of aryl methyl sites for hydroxylation is 1. The topological polar surface area (TPSA) is 32.3 Å². The van der Waals surface area contributed by atoms with E-state index in [1.54, 1.807) is 12.1 Å². The van der Waals surface area contributed by atoms with Crippen molar-refractivity contribution in [1.82, 2.24) is 0 Å². The lowest BCUT2D eigenvalue weighted by Gasteiger charge is -2.09. The Morgan fingerprint density at radius 1 is 1.18 bits per heavy atom. The molecule has 0 saturated heterocycles. The van der Waals surface area contributed by atoms with E-state index < -0.39 is 0 Å². The zero-order valence-electron chi connectivity index (χ0n) is 9.57. The highest BCUT2D eigenvalue weighted by Crippen LogP contribution is 2.19. The molecule has 2 aromatic rings. The van der Waals surface area contributed by atoms with E-state index in [0.29, 0.717) is 12.2 Å². The molecule has 3 heteroatoms. The second-order valence-electron chi connectivity index (χ2n) is 4.00. The number of hydrogen-bond donors (Lipinski definition) is 2. The molecule has 2 rings (SSSR count). The molecule has 0 amide bonds. The molecule has 0 unspecified atom stereocenters. The predicted molar refractivity (Wildman–Crippen MR) is 66.6 cm³/mol. The first kappa shape index (κ1) is 11.5. The maximum Gasteiger partial charge on any atom is 0.125 e. The Balaban J connectivity index is 2.10. The van der Waals surface area contributed by atoms with Crippen molar-refractivity contribution in [1.29, 1.82) is 0 Å². The lowest BCUT2D eigenvalue weighted by atomic mass is 10.2. The van der Waals surface area contributed by atoms with Crippen LogP contribution in [0.4, 0.5) is 10.1 Å². The molecule has 0 fully saturated rings. The summed E-state index contributed by atoms with van der Waals surface area (Å²) >= 11 is 0. The van der Waals surface area contributed by atoms with Crippen LogP contribution < -0.4 is 5.32 Å². The van der Waals surface area contributed by atoms with Gasteiger partial charge in [-0.3, -0.25) is 0 Å². The summed E-state index contributed by atoms with van der Waals surface area (Å²) in [5.74, 6) is -0.0158. The molecule has 17 heavy (non-hydrogen) atoms. The number of benzene rings is 2. The molecule has 0 radical (unpaired) electrons. The second-order valence-corrected chi connectivity index (χ2v) is 4.00. The summed E-state index contributed by atoms with van der Waals surface area (Å²) in [4.78, 5) is 0. The molecule has 2 nitrogen and oxygen atoms in total. The molecule has 0 aliphatic rings. The highest BCUT2D eigenvalue weighted by Gasteiger charge is 2.01. The van der Waals surface area contributed by atoms with Crippen LogP contribution in [-0.4, -0.2) is 5.11 Å². The molecular weight excluding hydrogens is 217 g/mol. The number of anilines is 1. The average molecular weight is 231 g/mol. The molecule has 0 aromatic heterocycles. The van der Waals surface area contributed by atoms with Crippen LogP contribution in [-0.2, 0) is 6.54 Å². The summed E-state index contributed by atoms with van der Waals surface area (Å²) in [6.45, 7) is 2.31. The molecular formula is C14H14FNO. The van der Waals surface area contributed by atoms with Gasteiger partial charge < -0.3 is 10.4 Å². The quantitative estimate of drug-likeness (QED) is 0.848. The lowest BCUT2D eigenvalue weighted by molar-refractivity contribution is 0.469. The Hall–Kier alpha value is -2.03. The Labute approximate surface area is 99.7 Å². The molecule has 0 heterocycles. The number of phenols is 1. The number of rotatable bonds is 3. The first-order chi connectivity index (χ1) is 8.15. The largest absolute Gasteiger partial charge is 0.508 e. The van der Waals surface area contributed by atoms with Crippen molar-refractivity contribution in [2.75, 3.05) is 5.32 Å². The monoisotopic (exact) mass is 231 g/mol. The third-order valence-electron chi connectivity index (χ3n) is 2.52. The van der Waals surface area contributed by atoms with Gasteiger partial charge in [0.05, 0.1) is 0 Å². The van der Waals surface area contributed by atoms with Gasteiger partial charge in [-0.2, -0.15) is 0 Å². The van der Waals surface area contributed by atoms with Crippen molar-refractivity contribution in [2.24, 2.45) is 0 Å². The summed E-state index contributed by atoms with van der Waals surface area (Å²) in [5.41, 5.74) is 2.37. The summed E-state index contributed by atoms with van der Waals surface area (Å²) in [5, 5.41) is 12.7. The van der Waals surface area contributed by atoms with Crippen LogP contribution in [0.2, 0.25) is 0 Å². The first-order valence-electron chi connectivity index (χ1n) is 5.43. The maximum absolute atomic E-state index is 13.1. The molecule has 0 bridgehead atoms. The number of nitrogens with one attached hydrogen (secondary N) is 1. The molecule has 0 aliphatic carbocycles. The summed E-state index contributed by atoms with van der Waals surface area (Å²) in [6, 6.07) is 11.9. The molecule has 0 spiro atoms. The number of aromatic hydroxyl groups is 1. The van der Waals surface area contributed by atoms with Gasteiger partial charge in [0.1, 0.15) is 11.6 Å². The van der Waals surface area contributed by atoms with Crippen molar-refractivity contribution in [3.05, 3.63) is 59.4 Å². The molecule has 0 aliphatic heterocycles. The Kier molecular flexibility index (Phi) is 3.28. The fourth-order valence-corrected chi connectivity index (χ4v) is 1.70. The fraction of sp³-hybridized carbons (Fsp3) is 0.143. The first-order valence-corrected chi connectivity index (χ1v) is 5.43. The van der Waals surface area contributed by atoms with E-state index in [4.69, 9.17) is 0 Å². The van der Waals surface area contributed by atoms with Crippen molar-refractivity contribution >= 4 is 5.69 Å². The molecule has 0 saturated carbocycles. The van der Waals surface area contributed by atoms with Crippen LogP contribution in [0, 0.1) is 12.7 Å². The lowest BCUT2D eigenvalue weighted by Crippen LogP contribution is -2.00. The van der Waals surface area contributed by atoms with Crippen LogP contribution in [0.15, 0.2) is 42.5 Å². The normalized spacial score (nSPS) is 10.2. The van der Waals surface area contributed by atoms with E-state index in [-0.39, 0.29) is 11.6 Å². The van der Waals surface area contributed by atoms with Gasteiger partial charge in [-0.25, -0.2) is 4.39 Å². The standard InChI is InChI=1S/C14H14FNO/c1-10-6-12(15)8-13(7-10)16-9-11-4-2-3-5-14(11)17/h2-8,16-17H,9H2,1H3. The van der Waals surface area contributed by atoms with Crippen LogP contribution in [0.1, 0.15) is 11.1 Å². The summed E-state index contributed by atoms with van der Waals surface area (Å²) in [7, 11) is 0. The molecule has 2 aromatic carbocycles. The zero-order valence-corrected chi connectivity index (χ0v) is 9.57. The van der Waals surface area contributed by atoms with Gasteiger partial charge in [0, 0.05) is 17.8 Å². The minimum Gasteiger partial charge on any atom is -0.508 e. The SMILES string of the molecule is Cc1cc(F)cc(NCc2ccccc2O)c1. The Morgan fingerprint density at radius 2 is 1.94 bits per heavy atom. The number of phenolic OH excluding ortho intramolecular Hbond substituents is 1. The van der Waals surface area contributed by atoms with E-state index in [1.807, 2.05) is 25.1 Å². The van der Waals surface area contributed by atoms with Crippen molar-refractivity contribution in [2.45, 2.75) is 13.5 Å². The summed E-state index contributed by atoms with van der Waals surface area (Å²) in [6.07, 6.45) is 0. The third kappa shape index (κ3) is 2.97. The highest BCUT2D eigenvalue weighted by molar-refractivity contribution is 5.47. The van der Waals surface area contributed by atoms with Crippen LogP contribution in [0.3, 0.4) is 0 Å². The molecule has 0 atom stereocenters. The van der Waals surface area contributed by atoms with Gasteiger partial charge in [-0.1, -0.05) is 18.2 Å². The van der Waals surface area contributed by atoms with Crippen LogP contribution >= 0.6 is 0 Å². The van der Waals surface area contributed by atoms with E-state index >= 15 is 0 Å². The number of hydrogen-bond acceptors (Lipinski definition) is 2. The van der Waals surface area contributed by atoms with Gasteiger partial charge >= 0.3 is 0 Å². The van der Waals surface area contributed by atoms with Crippen LogP contribution in [0.25, 0.3) is 0 Å². The number of para-hydroxylation sites is 1. The highest BCUT2D eigenvalue weighted by atomic mass is 19.1. The van der Waals surface area contributed by atoms with Gasteiger partial charge in [0.15, 0.2) is 0 Å². The Morgan fingerprint density at radius 3 is 2.65 bits per heavy atom. The second kappa shape index (κ2) is 4.87. The maximum atomic E-state index is 13.1. The summed E-state index contributed by atoms with van der Waals surface area (Å²) < 4.78 is 13.1. The fourth-order valence-electron chi connectivity index (χ4n) is 1.70. The number of halogens is 1. The third-order valence-corrected chi connectivity index (χ3v) is 2.52. The van der Waals surface area contributed by atoms with Gasteiger partial charge in [0.2, 0.25) is 0 Å². The van der Waals surface area contributed by atoms with Crippen molar-refractivity contribution < 1.29 is 9.50 Å². The van der Waals surface area contributed by atoms with Gasteiger partial charge in [-0.15, -0.1) is 0 Å². The van der Waals surface area contributed by atoms with Gasteiger partial charge in [0.25, 0.3) is 0 Å². The minimum atomic E-state index is -0.259. The minimum absolute atomic E-state index is 0.244. The van der Waals surface area contributed by atoms with E-state index in [9.17, 15) is 9.50 Å². The molecule has 88 valence electrons. The van der Waals surface area contributed by atoms with Gasteiger partial charge in [-0.05, 0) is 36.8 Å². The van der Waals surface area contributed by atoms with E-state index in [2.05, 4.69) is 5.32 Å². The van der Waals surface area contributed by atoms with Crippen molar-refractivity contribution in [3.63, 3.8) is 0 Å². The van der Waals surface area contributed by atoms with E-state index in [1.165, 1.54) is 12.1 Å². The predicted octanol–water partition coefficient (Wildman–Crippen LogP) is 3.45.